The quantitative estimate of drug-likeness (QED) is 0.782. The zero-order valence-electron chi connectivity index (χ0n) is 12.3. The number of halogens is 1. The molecule has 0 amide bonds. The third-order valence-electron chi connectivity index (χ3n) is 3.96. The molecule has 0 heterocycles. The van der Waals surface area contributed by atoms with E-state index in [4.69, 9.17) is 10.5 Å². The van der Waals surface area contributed by atoms with E-state index < -0.39 is 0 Å². The van der Waals surface area contributed by atoms with Crippen LogP contribution in [0.2, 0.25) is 0 Å². The third-order valence-corrected chi connectivity index (χ3v) is 4.58. The van der Waals surface area contributed by atoms with Crippen LogP contribution in [0.25, 0.3) is 0 Å². The van der Waals surface area contributed by atoms with Crippen molar-refractivity contribution in [2.24, 2.45) is 11.3 Å². The van der Waals surface area contributed by atoms with E-state index in [1.165, 1.54) is 6.42 Å². The SMILES string of the molecule is Cc1cc(OC2CC(C)CC(C)(C)C2)c(Br)cc1N. The summed E-state index contributed by atoms with van der Waals surface area (Å²) in [5.74, 6) is 1.64. The molecule has 1 aromatic carbocycles. The van der Waals surface area contributed by atoms with Gasteiger partial charge in [0.05, 0.1) is 10.6 Å². The molecule has 1 saturated carbocycles. The van der Waals surface area contributed by atoms with Crippen LogP contribution in [-0.2, 0) is 0 Å². The van der Waals surface area contributed by atoms with Crippen molar-refractivity contribution in [3.05, 3.63) is 22.2 Å². The van der Waals surface area contributed by atoms with Gasteiger partial charge in [0.15, 0.2) is 0 Å². The predicted molar refractivity (Wildman–Crippen MR) is 84.5 cm³/mol. The highest BCUT2D eigenvalue weighted by Crippen LogP contribution is 2.41. The topological polar surface area (TPSA) is 35.2 Å². The maximum atomic E-state index is 6.23. The zero-order valence-corrected chi connectivity index (χ0v) is 13.9. The van der Waals surface area contributed by atoms with Crippen LogP contribution in [0.15, 0.2) is 16.6 Å². The van der Waals surface area contributed by atoms with Gasteiger partial charge in [-0.25, -0.2) is 0 Å². The molecule has 2 unspecified atom stereocenters. The van der Waals surface area contributed by atoms with Crippen molar-refractivity contribution in [2.75, 3.05) is 5.73 Å². The van der Waals surface area contributed by atoms with Crippen molar-refractivity contribution in [3.8, 4) is 5.75 Å². The Morgan fingerprint density at radius 1 is 1.32 bits per heavy atom. The third kappa shape index (κ3) is 3.65. The highest BCUT2D eigenvalue weighted by molar-refractivity contribution is 9.10. The number of benzene rings is 1. The highest BCUT2D eigenvalue weighted by atomic mass is 79.9. The van der Waals surface area contributed by atoms with Crippen LogP contribution in [0, 0.1) is 18.3 Å². The van der Waals surface area contributed by atoms with Crippen LogP contribution in [0.4, 0.5) is 5.69 Å². The fourth-order valence-electron chi connectivity index (χ4n) is 3.29. The van der Waals surface area contributed by atoms with Gasteiger partial charge in [0.1, 0.15) is 5.75 Å². The minimum absolute atomic E-state index is 0.304. The lowest BCUT2D eigenvalue weighted by Crippen LogP contribution is -2.34. The van der Waals surface area contributed by atoms with Crippen LogP contribution in [0.3, 0.4) is 0 Å². The molecule has 0 aromatic heterocycles. The molecule has 1 fully saturated rings. The minimum Gasteiger partial charge on any atom is -0.489 e. The van der Waals surface area contributed by atoms with E-state index in [1.807, 2.05) is 19.1 Å². The Morgan fingerprint density at radius 3 is 2.63 bits per heavy atom. The normalized spacial score (nSPS) is 26.2. The summed E-state index contributed by atoms with van der Waals surface area (Å²) in [6.45, 7) is 9.01. The van der Waals surface area contributed by atoms with Gasteiger partial charge >= 0.3 is 0 Å². The van der Waals surface area contributed by atoms with E-state index >= 15 is 0 Å². The van der Waals surface area contributed by atoms with E-state index in [2.05, 4.69) is 36.7 Å². The van der Waals surface area contributed by atoms with Gasteiger partial charge in [-0.3, -0.25) is 0 Å². The van der Waals surface area contributed by atoms with Crippen molar-refractivity contribution in [2.45, 2.75) is 53.1 Å². The van der Waals surface area contributed by atoms with Gasteiger partial charge in [-0.1, -0.05) is 20.8 Å². The van der Waals surface area contributed by atoms with Gasteiger partial charge < -0.3 is 10.5 Å². The lowest BCUT2D eigenvalue weighted by molar-refractivity contribution is 0.0557. The molecule has 19 heavy (non-hydrogen) atoms. The van der Waals surface area contributed by atoms with Gasteiger partial charge in [-0.15, -0.1) is 0 Å². The summed E-state index contributed by atoms with van der Waals surface area (Å²) in [4.78, 5) is 0. The molecule has 0 aliphatic heterocycles. The fourth-order valence-corrected chi connectivity index (χ4v) is 3.74. The van der Waals surface area contributed by atoms with Gasteiger partial charge in [-0.2, -0.15) is 0 Å². The number of ether oxygens (including phenoxy) is 1. The van der Waals surface area contributed by atoms with Crippen LogP contribution >= 0.6 is 15.9 Å². The van der Waals surface area contributed by atoms with E-state index in [-0.39, 0.29) is 0 Å². The Hall–Kier alpha value is -0.700. The molecular weight excluding hydrogens is 302 g/mol. The fraction of sp³-hybridized carbons (Fsp3) is 0.625. The molecule has 2 rings (SSSR count). The Kier molecular flexibility index (Phi) is 4.14. The predicted octanol–water partition coefficient (Wildman–Crippen LogP) is 4.93. The Balaban J connectivity index is 2.15. The van der Waals surface area contributed by atoms with Crippen molar-refractivity contribution in [1.29, 1.82) is 0 Å². The average molecular weight is 326 g/mol. The summed E-state index contributed by atoms with van der Waals surface area (Å²) in [5.41, 5.74) is 8.15. The molecule has 106 valence electrons. The molecule has 0 radical (unpaired) electrons. The molecule has 0 spiro atoms. The van der Waals surface area contributed by atoms with Gasteiger partial charge in [0.2, 0.25) is 0 Å². The van der Waals surface area contributed by atoms with E-state index in [9.17, 15) is 0 Å². The summed E-state index contributed by atoms with van der Waals surface area (Å²) in [6, 6.07) is 3.97. The Bertz CT molecular complexity index is 470. The lowest BCUT2D eigenvalue weighted by Gasteiger charge is -2.39. The monoisotopic (exact) mass is 325 g/mol. The first kappa shape index (κ1) is 14.7. The number of nitrogen functional groups attached to an aromatic ring is 1. The smallest absolute Gasteiger partial charge is 0.134 e. The molecule has 2 N–H and O–H groups in total. The summed E-state index contributed by atoms with van der Waals surface area (Å²) in [7, 11) is 0. The maximum Gasteiger partial charge on any atom is 0.134 e. The molecular formula is C16H24BrNO. The van der Waals surface area contributed by atoms with E-state index in [0.717, 1.165) is 40.2 Å². The van der Waals surface area contributed by atoms with Crippen LogP contribution in [0.1, 0.15) is 45.6 Å². The molecule has 0 bridgehead atoms. The first-order chi connectivity index (χ1) is 8.77. The maximum absolute atomic E-state index is 6.23. The van der Waals surface area contributed by atoms with Crippen molar-refractivity contribution in [3.63, 3.8) is 0 Å². The number of aryl methyl sites for hydroxylation is 1. The van der Waals surface area contributed by atoms with E-state index in [1.54, 1.807) is 0 Å². The molecule has 2 nitrogen and oxygen atoms in total. The summed E-state index contributed by atoms with van der Waals surface area (Å²) < 4.78 is 7.18. The second-order valence-corrected chi connectivity index (χ2v) is 7.65. The molecule has 1 aliphatic rings. The van der Waals surface area contributed by atoms with Crippen molar-refractivity contribution in [1.82, 2.24) is 0 Å². The van der Waals surface area contributed by atoms with Gasteiger partial charge in [0, 0.05) is 5.69 Å². The lowest BCUT2D eigenvalue weighted by atomic mass is 9.71. The largest absolute Gasteiger partial charge is 0.489 e. The van der Waals surface area contributed by atoms with Gasteiger partial charge in [0.25, 0.3) is 0 Å². The minimum atomic E-state index is 0.304. The Morgan fingerprint density at radius 2 is 2.00 bits per heavy atom. The highest BCUT2D eigenvalue weighted by Gasteiger charge is 2.33. The van der Waals surface area contributed by atoms with Crippen molar-refractivity contribution >= 4 is 21.6 Å². The van der Waals surface area contributed by atoms with Crippen LogP contribution in [-0.4, -0.2) is 6.10 Å². The number of rotatable bonds is 2. The Labute approximate surface area is 124 Å². The molecule has 1 aromatic rings. The number of anilines is 1. The number of hydrogen-bond acceptors (Lipinski definition) is 2. The molecule has 3 heteroatoms. The molecule has 1 aliphatic carbocycles. The standard InChI is InChI=1S/C16H24BrNO/c1-10-5-12(9-16(3,4)8-10)19-15-6-11(2)14(18)7-13(15)17/h6-7,10,12H,5,8-9,18H2,1-4H3. The first-order valence-corrected chi connectivity index (χ1v) is 7.78. The summed E-state index contributed by atoms with van der Waals surface area (Å²) >= 11 is 3.55. The van der Waals surface area contributed by atoms with Crippen LogP contribution < -0.4 is 10.5 Å². The second-order valence-electron chi connectivity index (χ2n) is 6.79. The number of hydrogen-bond donors (Lipinski definition) is 1. The first-order valence-electron chi connectivity index (χ1n) is 6.99. The van der Waals surface area contributed by atoms with Crippen LogP contribution in [0.5, 0.6) is 5.75 Å². The van der Waals surface area contributed by atoms with Crippen molar-refractivity contribution < 1.29 is 4.74 Å². The summed E-state index contributed by atoms with van der Waals surface area (Å²) in [6.07, 6.45) is 3.85. The van der Waals surface area contributed by atoms with Gasteiger partial charge in [-0.05, 0) is 71.1 Å². The molecule has 2 atom stereocenters. The second kappa shape index (κ2) is 5.35. The summed E-state index contributed by atoms with van der Waals surface area (Å²) in [5, 5.41) is 0. The average Bonchev–Trinajstić information content (AvgIpc) is 2.22. The zero-order chi connectivity index (χ0) is 14.2. The molecule has 0 saturated heterocycles. The van der Waals surface area contributed by atoms with E-state index in [0.29, 0.717) is 11.5 Å². The number of nitrogens with two attached hydrogens (primary N) is 1.